The number of hydrogen-bond acceptors (Lipinski definition) is 2. The van der Waals surface area contributed by atoms with Crippen molar-refractivity contribution in [2.45, 2.75) is 57.1 Å². The third-order valence-corrected chi connectivity index (χ3v) is 5.72. The first-order valence-corrected chi connectivity index (χ1v) is 9.43. The van der Waals surface area contributed by atoms with E-state index < -0.39 is 0 Å². The van der Waals surface area contributed by atoms with Gasteiger partial charge < -0.3 is 15.3 Å². The van der Waals surface area contributed by atoms with Crippen LogP contribution < -0.4 is 5.32 Å². The van der Waals surface area contributed by atoms with Gasteiger partial charge in [-0.05, 0) is 49.4 Å². The topological polar surface area (TPSA) is 35.5 Å². The SMILES string of the molecule is O[C@H](c1ccccc1)C1CCN(C(=S)NC2CCCCC2)CC1. The van der Waals surface area contributed by atoms with Gasteiger partial charge in [-0.3, -0.25) is 0 Å². The van der Waals surface area contributed by atoms with E-state index in [1.54, 1.807) is 0 Å². The molecule has 0 radical (unpaired) electrons. The van der Waals surface area contributed by atoms with Crippen LogP contribution in [0.1, 0.15) is 56.6 Å². The van der Waals surface area contributed by atoms with Crippen molar-refractivity contribution < 1.29 is 5.11 Å². The summed E-state index contributed by atoms with van der Waals surface area (Å²) in [6.45, 7) is 1.90. The highest BCUT2D eigenvalue weighted by Crippen LogP contribution is 2.30. The van der Waals surface area contributed by atoms with Crippen LogP contribution in [0, 0.1) is 5.92 Å². The summed E-state index contributed by atoms with van der Waals surface area (Å²) in [6.07, 6.45) is 8.18. The van der Waals surface area contributed by atoms with Gasteiger partial charge in [-0.1, -0.05) is 49.6 Å². The molecule has 1 saturated carbocycles. The number of hydrogen-bond donors (Lipinski definition) is 2. The average Bonchev–Trinajstić information content (AvgIpc) is 2.63. The molecule has 2 N–H and O–H groups in total. The van der Waals surface area contributed by atoms with E-state index >= 15 is 0 Å². The fraction of sp³-hybridized carbons (Fsp3) is 0.632. The standard InChI is InChI=1S/C19H28N2OS/c22-18(15-7-3-1-4-8-15)16-11-13-21(14-12-16)19(23)20-17-9-5-2-6-10-17/h1,3-4,7-8,16-18,22H,2,5-6,9-14H2,(H,20,23)/t18-/m1/s1. The molecule has 126 valence electrons. The van der Waals surface area contributed by atoms with E-state index in [4.69, 9.17) is 12.2 Å². The van der Waals surface area contributed by atoms with Gasteiger partial charge in [-0.15, -0.1) is 0 Å². The van der Waals surface area contributed by atoms with Gasteiger partial charge in [0.1, 0.15) is 0 Å². The van der Waals surface area contributed by atoms with Crippen molar-refractivity contribution in [1.82, 2.24) is 10.2 Å². The van der Waals surface area contributed by atoms with Crippen molar-refractivity contribution in [1.29, 1.82) is 0 Å². The molecule has 2 fully saturated rings. The van der Waals surface area contributed by atoms with Gasteiger partial charge in [0.05, 0.1) is 6.10 Å². The zero-order valence-corrected chi connectivity index (χ0v) is 14.6. The smallest absolute Gasteiger partial charge is 0.169 e. The third-order valence-electron chi connectivity index (χ3n) is 5.35. The van der Waals surface area contributed by atoms with E-state index in [9.17, 15) is 5.11 Å². The highest BCUT2D eigenvalue weighted by molar-refractivity contribution is 7.80. The van der Waals surface area contributed by atoms with Crippen LogP contribution in [0.3, 0.4) is 0 Å². The van der Waals surface area contributed by atoms with Crippen LogP contribution in [0.2, 0.25) is 0 Å². The minimum Gasteiger partial charge on any atom is -0.388 e. The van der Waals surface area contributed by atoms with Crippen molar-refractivity contribution in [2.24, 2.45) is 5.92 Å². The Kier molecular flexibility index (Phi) is 5.90. The molecule has 4 heteroatoms. The van der Waals surface area contributed by atoms with E-state index in [-0.39, 0.29) is 6.10 Å². The molecule has 0 bridgehead atoms. The van der Waals surface area contributed by atoms with E-state index in [0.717, 1.165) is 36.6 Å². The Morgan fingerprint density at radius 1 is 1.04 bits per heavy atom. The molecule has 0 amide bonds. The maximum Gasteiger partial charge on any atom is 0.169 e. The summed E-state index contributed by atoms with van der Waals surface area (Å²) < 4.78 is 0. The molecule has 3 nitrogen and oxygen atoms in total. The quantitative estimate of drug-likeness (QED) is 0.829. The zero-order chi connectivity index (χ0) is 16.1. The lowest BCUT2D eigenvalue weighted by molar-refractivity contribution is 0.0736. The lowest BCUT2D eigenvalue weighted by Gasteiger charge is -2.37. The molecule has 1 saturated heterocycles. The predicted molar refractivity (Wildman–Crippen MR) is 98.3 cm³/mol. The van der Waals surface area contributed by atoms with Crippen molar-refractivity contribution in [3.8, 4) is 0 Å². The summed E-state index contributed by atoms with van der Waals surface area (Å²) in [5.74, 6) is 0.339. The lowest BCUT2D eigenvalue weighted by Crippen LogP contribution is -2.48. The van der Waals surface area contributed by atoms with Crippen molar-refractivity contribution >= 4 is 17.3 Å². The van der Waals surface area contributed by atoms with Crippen LogP contribution in [0.25, 0.3) is 0 Å². The Balaban J connectivity index is 1.47. The number of thiocarbonyl (C=S) groups is 1. The maximum atomic E-state index is 10.6. The number of nitrogens with one attached hydrogen (secondary N) is 1. The summed E-state index contributed by atoms with van der Waals surface area (Å²) >= 11 is 5.60. The molecule has 3 rings (SSSR count). The van der Waals surface area contributed by atoms with Gasteiger partial charge in [-0.2, -0.15) is 0 Å². The lowest BCUT2D eigenvalue weighted by atomic mass is 9.87. The summed E-state index contributed by atoms with van der Waals surface area (Å²) in [4.78, 5) is 2.29. The molecule has 0 unspecified atom stereocenters. The van der Waals surface area contributed by atoms with Gasteiger partial charge in [0.2, 0.25) is 0 Å². The minimum absolute atomic E-state index is 0.339. The fourth-order valence-corrected chi connectivity index (χ4v) is 4.20. The van der Waals surface area contributed by atoms with Gasteiger partial charge in [0.15, 0.2) is 5.11 Å². The van der Waals surface area contributed by atoms with E-state index in [1.165, 1.54) is 32.1 Å². The van der Waals surface area contributed by atoms with Gasteiger partial charge in [0, 0.05) is 19.1 Å². The van der Waals surface area contributed by atoms with Crippen molar-refractivity contribution in [3.63, 3.8) is 0 Å². The molecule has 2 aliphatic rings. The molecule has 1 atom stereocenters. The highest BCUT2D eigenvalue weighted by Gasteiger charge is 2.27. The minimum atomic E-state index is -0.349. The second-order valence-corrected chi connectivity index (χ2v) is 7.35. The van der Waals surface area contributed by atoms with Gasteiger partial charge >= 0.3 is 0 Å². The van der Waals surface area contributed by atoms with Crippen LogP contribution in [-0.4, -0.2) is 34.3 Å². The number of benzene rings is 1. The van der Waals surface area contributed by atoms with E-state index in [1.807, 2.05) is 30.3 Å². The number of likely N-dealkylation sites (tertiary alicyclic amines) is 1. The third kappa shape index (κ3) is 4.45. The van der Waals surface area contributed by atoms with Gasteiger partial charge in [-0.25, -0.2) is 0 Å². The first-order valence-electron chi connectivity index (χ1n) is 9.02. The van der Waals surface area contributed by atoms with Crippen molar-refractivity contribution in [2.75, 3.05) is 13.1 Å². The molecule has 0 spiro atoms. The number of piperidine rings is 1. The van der Waals surface area contributed by atoms with Crippen LogP contribution in [0.15, 0.2) is 30.3 Å². The average molecular weight is 333 g/mol. The summed E-state index contributed by atoms with van der Waals surface area (Å²) in [7, 11) is 0. The largest absolute Gasteiger partial charge is 0.388 e. The molecule has 1 aliphatic carbocycles. The number of aliphatic hydroxyl groups is 1. The molecule has 1 heterocycles. The molecule has 1 aromatic rings. The summed E-state index contributed by atoms with van der Waals surface area (Å²) in [5, 5.41) is 15.0. The molecule has 1 aliphatic heterocycles. The normalized spacial score (nSPS) is 21.9. The molecular weight excluding hydrogens is 304 g/mol. The van der Waals surface area contributed by atoms with Crippen LogP contribution in [0.4, 0.5) is 0 Å². The molecule has 1 aromatic carbocycles. The second-order valence-electron chi connectivity index (χ2n) is 6.96. The number of nitrogens with zero attached hydrogens (tertiary/aromatic N) is 1. The fourth-order valence-electron chi connectivity index (χ4n) is 3.85. The Morgan fingerprint density at radius 3 is 2.35 bits per heavy atom. The number of aliphatic hydroxyl groups excluding tert-OH is 1. The van der Waals surface area contributed by atoms with Gasteiger partial charge in [0.25, 0.3) is 0 Å². The van der Waals surface area contributed by atoms with Crippen LogP contribution >= 0.6 is 12.2 Å². The van der Waals surface area contributed by atoms with Crippen LogP contribution in [0.5, 0.6) is 0 Å². The predicted octanol–water partition coefficient (Wildman–Crippen LogP) is 3.64. The Labute approximate surface area is 145 Å². The Hall–Kier alpha value is -1.13. The Morgan fingerprint density at radius 2 is 1.70 bits per heavy atom. The molecule has 23 heavy (non-hydrogen) atoms. The Bertz CT molecular complexity index is 493. The molecule has 0 aromatic heterocycles. The van der Waals surface area contributed by atoms with E-state index in [2.05, 4.69) is 10.2 Å². The summed E-state index contributed by atoms with van der Waals surface area (Å²) in [6, 6.07) is 10.6. The second kappa shape index (κ2) is 8.11. The first kappa shape index (κ1) is 16.7. The highest BCUT2D eigenvalue weighted by atomic mass is 32.1. The zero-order valence-electron chi connectivity index (χ0n) is 13.8. The number of rotatable bonds is 3. The van der Waals surface area contributed by atoms with Crippen molar-refractivity contribution in [3.05, 3.63) is 35.9 Å². The monoisotopic (exact) mass is 332 g/mol. The first-order chi connectivity index (χ1) is 11.2. The molecular formula is C19H28N2OS. The maximum absolute atomic E-state index is 10.6. The summed E-state index contributed by atoms with van der Waals surface area (Å²) in [5.41, 5.74) is 1.04. The van der Waals surface area contributed by atoms with E-state index in [0.29, 0.717) is 12.0 Å². The van der Waals surface area contributed by atoms with Crippen LogP contribution in [-0.2, 0) is 0 Å².